The maximum Gasteiger partial charge on any atom is 0.436 e. The van der Waals surface area contributed by atoms with Gasteiger partial charge in [0.1, 0.15) is 16.4 Å². The minimum Gasteiger partial charge on any atom is -0.373 e. The maximum atomic E-state index is 12.7. The van der Waals surface area contributed by atoms with E-state index >= 15 is 0 Å². The summed E-state index contributed by atoms with van der Waals surface area (Å²) in [6.45, 7) is 0. The van der Waals surface area contributed by atoms with E-state index in [2.05, 4.69) is 26.3 Å². The van der Waals surface area contributed by atoms with Crippen LogP contribution in [0, 0.1) is 0 Å². The molecule has 2 heterocycles. The molecule has 0 bridgehead atoms. The molecule has 8 heteroatoms. The molecule has 0 aliphatic heterocycles. The van der Waals surface area contributed by atoms with Crippen molar-refractivity contribution in [2.24, 2.45) is 0 Å². The predicted molar refractivity (Wildman–Crippen MR) is 62.5 cm³/mol. The lowest BCUT2D eigenvalue weighted by atomic mass is 10.3. The second-order valence-electron chi connectivity index (χ2n) is 3.24. The number of pyridine rings is 1. The Balaban J connectivity index is 2.85. The van der Waals surface area contributed by atoms with Crippen molar-refractivity contribution in [2.75, 3.05) is 12.4 Å². The zero-order valence-corrected chi connectivity index (χ0v) is 10.8. The Bertz CT molecular complexity index is 579. The van der Waals surface area contributed by atoms with Crippen LogP contribution < -0.4 is 5.32 Å². The molecule has 0 spiro atoms. The Morgan fingerprint density at radius 1 is 1.41 bits per heavy atom. The van der Waals surface area contributed by atoms with E-state index in [1.54, 1.807) is 19.2 Å². The summed E-state index contributed by atoms with van der Waals surface area (Å²) >= 11 is 8.87. The molecule has 0 atom stereocenters. The lowest BCUT2D eigenvalue weighted by Crippen LogP contribution is -2.07. The third kappa shape index (κ3) is 1.97. The lowest BCUT2D eigenvalue weighted by Gasteiger charge is -2.04. The predicted octanol–water partition coefficient (Wildman–Crippen LogP) is 3.81. The Morgan fingerprint density at radius 2 is 2.06 bits per heavy atom. The molecule has 0 saturated carbocycles. The Labute approximate surface area is 108 Å². The van der Waals surface area contributed by atoms with Gasteiger partial charge in [-0.05, 0) is 28.1 Å². The van der Waals surface area contributed by atoms with Crippen LogP contribution in [-0.4, -0.2) is 16.7 Å². The normalized spacial score (nSPS) is 12.1. The fraction of sp³-hybridized carbons (Fsp3) is 0.222. The van der Waals surface area contributed by atoms with Gasteiger partial charge in [-0.15, -0.1) is 0 Å². The van der Waals surface area contributed by atoms with Crippen LogP contribution in [-0.2, 0) is 6.18 Å². The second kappa shape index (κ2) is 4.06. The number of hydrogen-bond donors (Lipinski definition) is 1. The standard InChI is InChI=1S/C9H6BrClF3N3/c1-15-5-3-2-4(10)7-6(11)8(9(12,13)14)16-17(5)7/h2-3,15H,1H3. The molecule has 0 aromatic carbocycles. The monoisotopic (exact) mass is 327 g/mol. The molecule has 2 aromatic heterocycles. The van der Waals surface area contributed by atoms with E-state index in [-0.39, 0.29) is 5.52 Å². The third-order valence-corrected chi connectivity index (χ3v) is 3.19. The van der Waals surface area contributed by atoms with Crippen molar-refractivity contribution in [3.05, 3.63) is 27.3 Å². The Kier molecular flexibility index (Phi) is 2.99. The zero-order chi connectivity index (χ0) is 12.8. The molecule has 2 aromatic rings. The van der Waals surface area contributed by atoms with Crippen molar-refractivity contribution in [1.82, 2.24) is 9.61 Å². The summed E-state index contributed by atoms with van der Waals surface area (Å²) in [5.74, 6) is 0.417. The summed E-state index contributed by atoms with van der Waals surface area (Å²) in [7, 11) is 1.59. The first kappa shape index (κ1) is 12.5. The highest BCUT2D eigenvalue weighted by atomic mass is 79.9. The average Bonchev–Trinajstić information content (AvgIpc) is 2.58. The molecular weight excluding hydrogens is 322 g/mol. The molecule has 0 amide bonds. The van der Waals surface area contributed by atoms with Gasteiger partial charge in [0, 0.05) is 11.5 Å². The third-order valence-electron chi connectivity index (χ3n) is 2.19. The van der Waals surface area contributed by atoms with E-state index < -0.39 is 16.9 Å². The van der Waals surface area contributed by atoms with Gasteiger partial charge >= 0.3 is 6.18 Å². The van der Waals surface area contributed by atoms with E-state index in [9.17, 15) is 13.2 Å². The smallest absolute Gasteiger partial charge is 0.373 e. The van der Waals surface area contributed by atoms with Gasteiger partial charge in [-0.2, -0.15) is 18.3 Å². The van der Waals surface area contributed by atoms with E-state index in [0.717, 1.165) is 4.52 Å². The largest absolute Gasteiger partial charge is 0.436 e. The molecule has 17 heavy (non-hydrogen) atoms. The second-order valence-corrected chi connectivity index (χ2v) is 4.47. The average molecular weight is 329 g/mol. The van der Waals surface area contributed by atoms with Crippen molar-refractivity contribution in [2.45, 2.75) is 6.18 Å². The fourth-order valence-corrected chi connectivity index (χ4v) is 2.39. The van der Waals surface area contributed by atoms with Crippen molar-refractivity contribution >= 4 is 38.9 Å². The molecule has 0 unspecified atom stereocenters. The van der Waals surface area contributed by atoms with E-state index in [0.29, 0.717) is 10.3 Å². The summed E-state index contributed by atoms with van der Waals surface area (Å²) < 4.78 is 39.5. The summed E-state index contributed by atoms with van der Waals surface area (Å²) in [5, 5.41) is 5.81. The number of hydrogen-bond acceptors (Lipinski definition) is 2. The minimum absolute atomic E-state index is 0.186. The van der Waals surface area contributed by atoms with Crippen LogP contribution in [0.25, 0.3) is 5.52 Å². The SMILES string of the molecule is CNc1ccc(Br)c2c(Cl)c(C(F)(F)F)nn12. The zero-order valence-electron chi connectivity index (χ0n) is 8.44. The van der Waals surface area contributed by atoms with Gasteiger partial charge in [-0.1, -0.05) is 11.6 Å². The first-order valence-corrected chi connectivity index (χ1v) is 5.65. The van der Waals surface area contributed by atoms with Crippen LogP contribution in [0.15, 0.2) is 16.6 Å². The van der Waals surface area contributed by atoms with Crippen LogP contribution in [0.1, 0.15) is 5.69 Å². The van der Waals surface area contributed by atoms with E-state index in [1.165, 1.54) is 0 Å². The van der Waals surface area contributed by atoms with Crippen molar-refractivity contribution in [3.8, 4) is 0 Å². The van der Waals surface area contributed by atoms with Gasteiger partial charge < -0.3 is 5.32 Å². The van der Waals surface area contributed by atoms with Crippen LogP contribution in [0.3, 0.4) is 0 Å². The highest BCUT2D eigenvalue weighted by Crippen LogP contribution is 2.39. The quantitative estimate of drug-likeness (QED) is 0.862. The molecule has 2 rings (SSSR count). The van der Waals surface area contributed by atoms with E-state index in [4.69, 9.17) is 11.6 Å². The van der Waals surface area contributed by atoms with Crippen molar-refractivity contribution in [3.63, 3.8) is 0 Å². The van der Waals surface area contributed by atoms with Crippen LogP contribution in [0.2, 0.25) is 5.02 Å². The molecule has 92 valence electrons. The molecule has 0 aliphatic rings. The highest BCUT2D eigenvalue weighted by molar-refractivity contribution is 9.10. The number of nitrogens with zero attached hydrogens (tertiary/aromatic N) is 2. The summed E-state index contributed by atoms with van der Waals surface area (Å²) in [4.78, 5) is 0. The number of fused-ring (bicyclic) bond motifs is 1. The van der Waals surface area contributed by atoms with Crippen LogP contribution in [0.4, 0.5) is 19.0 Å². The van der Waals surface area contributed by atoms with Gasteiger partial charge in [-0.3, -0.25) is 0 Å². The minimum atomic E-state index is -4.58. The number of nitrogens with one attached hydrogen (secondary N) is 1. The molecular formula is C9H6BrClF3N3. The number of rotatable bonds is 1. The van der Waals surface area contributed by atoms with Gasteiger partial charge in [0.15, 0.2) is 5.69 Å². The highest BCUT2D eigenvalue weighted by Gasteiger charge is 2.38. The topological polar surface area (TPSA) is 29.3 Å². The van der Waals surface area contributed by atoms with E-state index in [1.807, 2.05) is 0 Å². The van der Waals surface area contributed by atoms with Gasteiger partial charge in [-0.25, -0.2) is 4.52 Å². The Hall–Kier alpha value is -0.950. The first-order chi connectivity index (χ1) is 7.86. The molecule has 0 radical (unpaired) electrons. The fourth-order valence-electron chi connectivity index (χ4n) is 1.45. The molecule has 3 nitrogen and oxygen atoms in total. The van der Waals surface area contributed by atoms with Crippen LogP contribution in [0.5, 0.6) is 0 Å². The number of alkyl halides is 3. The first-order valence-electron chi connectivity index (χ1n) is 4.48. The van der Waals surface area contributed by atoms with Crippen molar-refractivity contribution < 1.29 is 13.2 Å². The summed E-state index contributed by atoms with van der Waals surface area (Å²) in [5.41, 5.74) is -0.909. The molecule has 0 saturated heterocycles. The van der Waals surface area contributed by atoms with Gasteiger partial charge in [0.25, 0.3) is 0 Å². The lowest BCUT2D eigenvalue weighted by molar-refractivity contribution is -0.141. The van der Waals surface area contributed by atoms with Crippen LogP contribution >= 0.6 is 27.5 Å². The molecule has 0 fully saturated rings. The number of anilines is 1. The maximum absolute atomic E-state index is 12.7. The number of aromatic nitrogens is 2. The van der Waals surface area contributed by atoms with Crippen molar-refractivity contribution in [1.29, 1.82) is 0 Å². The summed E-state index contributed by atoms with van der Waals surface area (Å²) in [6.07, 6.45) is -4.58. The van der Waals surface area contributed by atoms with Gasteiger partial charge in [0.05, 0.1) is 0 Å². The summed E-state index contributed by atoms with van der Waals surface area (Å²) in [6, 6.07) is 3.20. The molecule has 0 aliphatic carbocycles. The molecule has 1 N–H and O–H groups in total. The Morgan fingerprint density at radius 3 is 2.59 bits per heavy atom. The number of halogens is 5. The van der Waals surface area contributed by atoms with Gasteiger partial charge in [0.2, 0.25) is 0 Å².